The van der Waals surface area contributed by atoms with E-state index in [1.165, 1.54) is 0 Å². The Balaban J connectivity index is 1.70. The van der Waals surface area contributed by atoms with Crippen LogP contribution in [0.1, 0.15) is 18.4 Å². The highest BCUT2D eigenvalue weighted by Gasteiger charge is 2.46. The molecule has 1 saturated carbocycles. The summed E-state index contributed by atoms with van der Waals surface area (Å²) in [6, 6.07) is 18.2. The lowest BCUT2D eigenvalue weighted by atomic mass is 9.62. The van der Waals surface area contributed by atoms with E-state index in [1.807, 2.05) is 42.5 Å². The molecule has 0 spiro atoms. The molecule has 106 valence electrons. The lowest BCUT2D eigenvalue weighted by Crippen LogP contribution is -2.47. The van der Waals surface area contributed by atoms with Gasteiger partial charge in [0, 0.05) is 11.7 Å². The molecular formula is C17H14Cl2N2. The Morgan fingerprint density at radius 2 is 1.76 bits per heavy atom. The van der Waals surface area contributed by atoms with Crippen molar-refractivity contribution in [3.05, 3.63) is 64.1 Å². The minimum atomic E-state index is -0.366. The maximum atomic E-state index is 9.54. The van der Waals surface area contributed by atoms with Gasteiger partial charge in [0.15, 0.2) is 0 Å². The molecule has 0 heterocycles. The van der Waals surface area contributed by atoms with Crippen LogP contribution in [0, 0.1) is 11.3 Å². The van der Waals surface area contributed by atoms with Gasteiger partial charge in [-0.05, 0) is 36.6 Å². The molecule has 0 unspecified atom stereocenters. The number of anilines is 1. The summed E-state index contributed by atoms with van der Waals surface area (Å²) in [5.41, 5.74) is 1.67. The average Bonchev–Trinajstić information content (AvgIpc) is 2.47. The number of nitriles is 1. The lowest BCUT2D eigenvalue weighted by molar-refractivity contribution is 0.289. The van der Waals surface area contributed by atoms with E-state index in [-0.39, 0.29) is 11.5 Å². The van der Waals surface area contributed by atoms with Gasteiger partial charge in [0.25, 0.3) is 0 Å². The van der Waals surface area contributed by atoms with Crippen LogP contribution in [0.5, 0.6) is 0 Å². The van der Waals surface area contributed by atoms with Gasteiger partial charge in [0.05, 0.1) is 21.5 Å². The Labute approximate surface area is 134 Å². The first-order valence-electron chi connectivity index (χ1n) is 6.81. The van der Waals surface area contributed by atoms with Crippen molar-refractivity contribution in [1.29, 1.82) is 5.26 Å². The smallest absolute Gasteiger partial charge is 0.0861 e. The van der Waals surface area contributed by atoms with Crippen molar-refractivity contribution < 1.29 is 0 Å². The molecule has 3 rings (SSSR count). The normalized spacial score (nSPS) is 24.0. The second kappa shape index (κ2) is 5.60. The maximum Gasteiger partial charge on any atom is 0.0861 e. The fourth-order valence-corrected chi connectivity index (χ4v) is 3.15. The lowest BCUT2D eigenvalue weighted by Gasteiger charge is -2.43. The van der Waals surface area contributed by atoms with Gasteiger partial charge in [0.2, 0.25) is 0 Å². The SMILES string of the molecule is N#CC1(c2ccccc2)CC(Nc2ccc(Cl)c(Cl)c2)C1. The average molecular weight is 317 g/mol. The van der Waals surface area contributed by atoms with Gasteiger partial charge in [0.1, 0.15) is 0 Å². The van der Waals surface area contributed by atoms with Crippen molar-refractivity contribution in [1.82, 2.24) is 0 Å². The second-order valence-corrected chi connectivity index (χ2v) is 6.25. The van der Waals surface area contributed by atoms with Crippen LogP contribution in [0.15, 0.2) is 48.5 Å². The van der Waals surface area contributed by atoms with Crippen molar-refractivity contribution in [3.8, 4) is 6.07 Å². The maximum absolute atomic E-state index is 9.54. The fraction of sp³-hybridized carbons (Fsp3) is 0.235. The fourth-order valence-electron chi connectivity index (χ4n) is 2.85. The molecule has 1 aliphatic rings. The summed E-state index contributed by atoms with van der Waals surface area (Å²) in [6.07, 6.45) is 1.60. The highest BCUT2D eigenvalue weighted by Crippen LogP contribution is 2.44. The molecule has 0 amide bonds. The first-order chi connectivity index (χ1) is 10.1. The molecule has 0 radical (unpaired) electrons. The van der Waals surface area contributed by atoms with E-state index < -0.39 is 0 Å². The van der Waals surface area contributed by atoms with Crippen LogP contribution in [0.4, 0.5) is 5.69 Å². The number of benzene rings is 2. The van der Waals surface area contributed by atoms with Crippen LogP contribution in [0.25, 0.3) is 0 Å². The molecule has 2 aromatic carbocycles. The van der Waals surface area contributed by atoms with Crippen molar-refractivity contribution in [2.45, 2.75) is 24.3 Å². The Hall–Kier alpha value is -1.69. The largest absolute Gasteiger partial charge is 0.382 e. The molecule has 0 bridgehead atoms. The summed E-state index contributed by atoms with van der Waals surface area (Å²) in [5, 5.41) is 14.0. The zero-order valence-corrected chi connectivity index (χ0v) is 12.8. The van der Waals surface area contributed by atoms with Crippen molar-refractivity contribution in [2.24, 2.45) is 0 Å². The van der Waals surface area contributed by atoms with E-state index in [1.54, 1.807) is 6.07 Å². The summed E-state index contributed by atoms with van der Waals surface area (Å²) < 4.78 is 0. The highest BCUT2D eigenvalue weighted by molar-refractivity contribution is 6.42. The Bertz CT molecular complexity index is 686. The standard InChI is InChI=1S/C17H14Cl2N2/c18-15-7-6-13(8-16(15)19)21-14-9-17(10-14,11-20)12-4-2-1-3-5-12/h1-8,14,21H,9-10H2. The summed E-state index contributed by atoms with van der Waals surface area (Å²) in [4.78, 5) is 0. The molecule has 1 fully saturated rings. The molecule has 0 aromatic heterocycles. The quantitative estimate of drug-likeness (QED) is 0.862. The van der Waals surface area contributed by atoms with Crippen molar-refractivity contribution in [2.75, 3.05) is 5.32 Å². The van der Waals surface area contributed by atoms with E-state index >= 15 is 0 Å². The van der Waals surface area contributed by atoms with Gasteiger partial charge >= 0.3 is 0 Å². The van der Waals surface area contributed by atoms with Crippen molar-refractivity contribution in [3.63, 3.8) is 0 Å². The van der Waals surface area contributed by atoms with Gasteiger partial charge in [-0.15, -0.1) is 0 Å². The number of hydrogen-bond acceptors (Lipinski definition) is 2. The molecule has 1 aliphatic carbocycles. The summed E-state index contributed by atoms with van der Waals surface area (Å²) >= 11 is 11.9. The number of nitrogens with zero attached hydrogens (tertiary/aromatic N) is 1. The molecule has 4 heteroatoms. The van der Waals surface area contributed by atoms with Gasteiger partial charge in [-0.3, -0.25) is 0 Å². The second-order valence-electron chi connectivity index (χ2n) is 5.44. The summed E-state index contributed by atoms with van der Waals surface area (Å²) in [5.74, 6) is 0. The molecule has 2 nitrogen and oxygen atoms in total. The van der Waals surface area contributed by atoms with E-state index in [2.05, 4.69) is 11.4 Å². The van der Waals surface area contributed by atoms with E-state index in [9.17, 15) is 5.26 Å². The Kier molecular flexibility index (Phi) is 3.80. The van der Waals surface area contributed by atoms with Gasteiger partial charge in [-0.25, -0.2) is 0 Å². The van der Waals surface area contributed by atoms with Crippen LogP contribution in [-0.4, -0.2) is 6.04 Å². The minimum Gasteiger partial charge on any atom is -0.382 e. The summed E-state index contributed by atoms with van der Waals surface area (Å²) in [7, 11) is 0. The number of rotatable bonds is 3. The van der Waals surface area contributed by atoms with Gasteiger partial charge < -0.3 is 5.32 Å². The topological polar surface area (TPSA) is 35.8 Å². The monoisotopic (exact) mass is 316 g/mol. The highest BCUT2D eigenvalue weighted by atomic mass is 35.5. The number of halogens is 2. The van der Waals surface area contributed by atoms with Crippen molar-refractivity contribution >= 4 is 28.9 Å². The Morgan fingerprint density at radius 3 is 2.38 bits per heavy atom. The van der Waals surface area contributed by atoms with E-state index in [0.29, 0.717) is 10.0 Å². The number of hydrogen-bond donors (Lipinski definition) is 1. The molecule has 2 aromatic rings. The third kappa shape index (κ3) is 2.72. The predicted molar refractivity (Wildman–Crippen MR) is 86.8 cm³/mol. The van der Waals surface area contributed by atoms with E-state index in [4.69, 9.17) is 23.2 Å². The Morgan fingerprint density at radius 1 is 1.05 bits per heavy atom. The zero-order valence-electron chi connectivity index (χ0n) is 11.3. The first kappa shape index (κ1) is 14.3. The third-order valence-electron chi connectivity index (χ3n) is 4.02. The molecule has 0 saturated heterocycles. The van der Waals surface area contributed by atoms with Crippen LogP contribution in [0.3, 0.4) is 0 Å². The summed E-state index contributed by atoms with van der Waals surface area (Å²) in [6.45, 7) is 0. The third-order valence-corrected chi connectivity index (χ3v) is 4.76. The predicted octanol–water partition coefficient (Wildman–Crippen LogP) is 5.03. The first-order valence-corrected chi connectivity index (χ1v) is 7.57. The molecule has 1 N–H and O–H groups in total. The molecular weight excluding hydrogens is 303 g/mol. The molecule has 21 heavy (non-hydrogen) atoms. The van der Waals surface area contributed by atoms with Gasteiger partial charge in [-0.2, -0.15) is 5.26 Å². The van der Waals surface area contributed by atoms with E-state index in [0.717, 1.165) is 24.1 Å². The minimum absolute atomic E-state index is 0.280. The van der Waals surface area contributed by atoms with Crippen LogP contribution < -0.4 is 5.32 Å². The molecule has 0 aliphatic heterocycles. The molecule has 0 atom stereocenters. The van der Waals surface area contributed by atoms with Gasteiger partial charge in [-0.1, -0.05) is 53.5 Å². The van der Waals surface area contributed by atoms with Crippen LogP contribution in [-0.2, 0) is 5.41 Å². The van der Waals surface area contributed by atoms with Crippen LogP contribution in [0.2, 0.25) is 10.0 Å². The zero-order chi connectivity index (χ0) is 14.9. The number of nitrogens with one attached hydrogen (secondary N) is 1. The van der Waals surface area contributed by atoms with Crippen LogP contribution >= 0.6 is 23.2 Å².